The molecule has 1 heterocycles. The highest BCUT2D eigenvalue weighted by Gasteiger charge is 2.24. The monoisotopic (exact) mass is 216 g/mol. The molecule has 1 fully saturated rings. The number of hydrogen-bond acceptors (Lipinski definition) is 3. The van der Waals surface area contributed by atoms with Gasteiger partial charge in [-0.05, 0) is 43.5 Å². The summed E-state index contributed by atoms with van der Waals surface area (Å²) in [6.45, 7) is 3.22. The summed E-state index contributed by atoms with van der Waals surface area (Å²) in [6.07, 6.45) is 2.18. The number of hydrogen-bond donors (Lipinski definition) is 1. The second-order valence-corrected chi connectivity index (χ2v) is 4.29. The van der Waals surface area contributed by atoms with Crippen LogP contribution in [-0.2, 0) is 0 Å². The minimum atomic E-state index is 0.208. The predicted octanol–water partition coefficient (Wildman–Crippen LogP) is 1.83. The number of rotatable bonds is 2. The van der Waals surface area contributed by atoms with Gasteiger partial charge in [0.2, 0.25) is 0 Å². The van der Waals surface area contributed by atoms with Gasteiger partial charge in [-0.25, -0.2) is 0 Å². The zero-order valence-electron chi connectivity index (χ0n) is 9.48. The molecule has 0 bridgehead atoms. The minimum Gasteiger partial charge on any atom is -0.394 e. The molecule has 3 heteroatoms. The van der Waals surface area contributed by atoms with E-state index in [9.17, 15) is 5.11 Å². The molecule has 1 unspecified atom stereocenters. The quantitative estimate of drug-likeness (QED) is 0.820. The fourth-order valence-corrected chi connectivity index (χ4v) is 2.39. The van der Waals surface area contributed by atoms with Crippen molar-refractivity contribution in [3.63, 3.8) is 0 Å². The third kappa shape index (κ3) is 1.89. The summed E-state index contributed by atoms with van der Waals surface area (Å²) in [5, 5.41) is 18.1. The molecule has 0 saturated carbocycles. The van der Waals surface area contributed by atoms with E-state index in [1.807, 2.05) is 25.1 Å². The van der Waals surface area contributed by atoms with Crippen molar-refractivity contribution >= 4 is 5.69 Å². The van der Waals surface area contributed by atoms with Crippen LogP contribution < -0.4 is 4.90 Å². The highest BCUT2D eigenvalue weighted by molar-refractivity contribution is 5.57. The molecule has 84 valence electrons. The van der Waals surface area contributed by atoms with Gasteiger partial charge >= 0.3 is 0 Å². The van der Waals surface area contributed by atoms with Crippen molar-refractivity contribution in [3.05, 3.63) is 29.3 Å². The summed E-state index contributed by atoms with van der Waals surface area (Å²) >= 11 is 0. The second kappa shape index (κ2) is 4.54. The van der Waals surface area contributed by atoms with E-state index in [0.717, 1.165) is 30.6 Å². The number of anilines is 1. The zero-order valence-corrected chi connectivity index (χ0v) is 9.48. The molecule has 1 atom stereocenters. The van der Waals surface area contributed by atoms with Crippen LogP contribution in [0.2, 0.25) is 0 Å². The number of aliphatic hydroxyl groups excluding tert-OH is 1. The Bertz CT molecular complexity index is 422. The highest BCUT2D eigenvalue weighted by Crippen LogP contribution is 2.28. The smallest absolute Gasteiger partial charge is 0.0991 e. The number of nitrogens with zero attached hydrogens (tertiary/aromatic N) is 2. The Morgan fingerprint density at radius 3 is 3.00 bits per heavy atom. The first-order chi connectivity index (χ1) is 7.76. The molecule has 1 saturated heterocycles. The first-order valence-corrected chi connectivity index (χ1v) is 5.64. The van der Waals surface area contributed by atoms with Crippen molar-refractivity contribution < 1.29 is 5.11 Å². The standard InChI is InChI=1S/C13H16N2O/c1-10-7-11(8-14)4-5-13(10)15-6-2-3-12(15)9-16/h4-5,7,12,16H,2-3,6,9H2,1H3. The molecule has 1 aliphatic rings. The van der Waals surface area contributed by atoms with Gasteiger partial charge in [0.05, 0.1) is 24.3 Å². The summed E-state index contributed by atoms with van der Waals surface area (Å²) in [5.74, 6) is 0. The van der Waals surface area contributed by atoms with Crippen molar-refractivity contribution in [2.45, 2.75) is 25.8 Å². The van der Waals surface area contributed by atoms with Gasteiger partial charge in [-0.2, -0.15) is 5.26 Å². The molecular formula is C13H16N2O. The van der Waals surface area contributed by atoms with Gasteiger partial charge in [0.1, 0.15) is 0 Å². The maximum Gasteiger partial charge on any atom is 0.0991 e. The van der Waals surface area contributed by atoms with E-state index in [1.54, 1.807) is 0 Å². The van der Waals surface area contributed by atoms with E-state index >= 15 is 0 Å². The Balaban J connectivity index is 2.30. The predicted molar refractivity (Wildman–Crippen MR) is 63.3 cm³/mol. The van der Waals surface area contributed by atoms with Crippen molar-refractivity contribution in [1.82, 2.24) is 0 Å². The van der Waals surface area contributed by atoms with Crippen LogP contribution in [-0.4, -0.2) is 24.3 Å². The Morgan fingerprint density at radius 2 is 2.38 bits per heavy atom. The molecule has 1 aromatic carbocycles. The fraction of sp³-hybridized carbons (Fsp3) is 0.462. The van der Waals surface area contributed by atoms with Gasteiger partial charge in [0.15, 0.2) is 0 Å². The largest absolute Gasteiger partial charge is 0.394 e. The topological polar surface area (TPSA) is 47.3 Å². The highest BCUT2D eigenvalue weighted by atomic mass is 16.3. The fourth-order valence-electron chi connectivity index (χ4n) is 2.39. The molecule has 0 amide bonds. The van der Waals surface area contributed by atoms with Crippen LogP contribution >= 0.6 is 0 Å². The Hall–Kier alpha value is -1.53. The molecule has 1 aromatic rings. The zero-order chi connectivity index (χ0) is 11.5. The average molecular weight is 216 g/mol. The SMILES string of the molecule is Cc1cc(C#N)ccc1N1CCCC1CO. The normalized spacial score (nSPS) is 19.8. The maximum atomic E-state index is 9.30. The first-order valence-electron chi connectivity index (χ1n) is 5.64. The Morgan fingerprint density at radius 1 is 1.56 bits per heavy atom. The van der Waals surface area contributed by atoms with E-state index in [-0.39, 0.29) is 12.6 Å². The third-order valence-electron chi connectivity index (χ3n) is 3.22. The van der Waals surface area contributed by atoms with Crippen molar-refractivity contribution in [3.8, 4) is 6.07 Å². The Labute approximate surface area is 95.9 Å². The number of aryl methyl sites for hydroxylation is 1. The number of nitriles is 1. The van der Waals surface area contributed by atoms with Crippen LogP contribution in [0, 0.1) is 18.3 Å². The van der Waals surface area contributed by atoms with Gasteiger partial charge in [-0.3, -0.25) is 0 Å². The molecule has 2 rings (SSSR count). The molecule has 1 N–H and O–H groups in total. The summed E-state index contributed by atoms with van der Waals surface area (Å²) in [4.78, 5) is 2.25. The first kappa shape index (κ1) is 11.0. The van der Waals surface area contributed by atoms with Crippen LogP contribution in [0.3, 0.4) is 0 Å². The minimum absolute atomic E-state index is 0.208. The van der Waals surface area contributed by atoms with E-state index in [1.165, 1.54) is 0 Å². The number of aliphatic hydroxyl groups is 1. The van der Waals surface area contributed by atoms with E-state index in [4.69, 9.17) is 5.26 Å². The summed E-state index contributed by atoms with van der Waals surface area (Å²) in [6, 6.07) is 8.12. The lowest BCUT2D eigenvalue weighted by atomic mass is 10.1. The van der Waals surface area contributed by atoms with Gasteiger partial charge in [-0.15, -0.1) is 0 Å². The molecule has 16 heavy (non-hydrogen) atoms. The number of benzene rings is 1. The molecular weight excluding hydrogens is 200 g/mol. The van der Waals surface area contributed by atoms with Gasteiger partial charge < -0.3 is 10.0 Å². The maximum absolute atomic E-state index is 9.30. The van der Waals surface area contributed by atoms with E-state index in [2.05, 4.69) is 11.0 Å². The lowest BCUT2D eigenvalue weighted by Crippen LogP contribution is -2.32. The molecule has 3 nitrogen and oxygen atoms in total. The summed E-state index contributed by atoms with van der Waals surface area (Å²) in [5.41, 5.74) is 2.95. The second-order valence-electron chi connectivity index (χ2n) is 4.29. The lowest BCUT2D eigenvalue weighted by Gasteiger charge is -2.27. The van der Waals surface area contributed by atoms with Gasteiger partial charge in [0, 0.05) is 12.2 Å². The Kier molecular flexibility index (Phi) is 3.12. The van der Waals surface area contributed by atoms with Crippen LogP contribution in [0.25, 0.3) is 0 Å². The third-order valence-corrected chi connectivity index (χ3v) is 3.22. The molecule has 1 aliphatic heterocycles. The van der Waals surface area contributed by atoms with Crippen molar-refractivity contribution in [2.24, 2.45) is 0 Å². The summed E-state index contributed by atoms with van der Waals surface area (Å²) in [7, 11) is 0. The van der Waals surface area contributed by atoms with Crippen molar-refractivity contribution in [1.29, 1.82) is 5.26 Å². The molecule has 0 spiro atoms. The van der Waals surface area contributed by atoms with Crippen LogP contribution in [0.15, 0.2) is 18.2 Å². The van der Waals surface area contributed by atoms with Crippen LogP contribution in [0.1, 0.15) is 24.0 Å². The lowest BCUT2D eigenvalue weighted by molar-refractivity contribution is 0.266. The van der Waals surface area contributed by atoms with Crippen LogP contribution in [0.4, 0.5) is 5.69 Å². The molecule has 0 aliphatic carbocycles. The summed E-state index contributed by atoms with van der Waals surface area (Å²) < 4.78 is 0. The average Bonchev–Trinajstić information content (AvgIpc) is 2.76. The van der Waals surface area contributed by atoms with E-state index < -0.39 is 0 Å². The van der Waals surface area contributed by atoms with Gasteiger partial charge in [-0.1, -0.05) is 0 Å². The van der Waals surface area contributed by atoms with Crippen molar-refractivity contribution in [2.75, 3.05) is 18.1 Å². The van der Waals surface area contributed by atoms with E-state index in [0.29, 0.717) is 5.56 Å². The molecule has 0 aromatic heterocycles. The van der Waals surface area contributed by atoms with Crippen LogP contribution in [0.5, 0.6) is 0 Å². The molecule has 0 radical (unpaired) electrons. The van der Waals surface area contributed by atoms with Gasteiger partial charge in [0.25, 0.3) is 0 Å².